The van der Waals surface area contributed by atoms with Crippen molar-refractivity contribution in [1.29, 1.82) is 0 Å². The smallest absolute Gasteiger partial charge is 0.302 e. The Morgan fingerprint density at radius 2 is 1.71 bits per heavy atom. The zero-order chi connectivity index (χ0) is 24.8. The Hall–Kier alpha value is -4.10. The van der Waals surface area contributed by atoms with Crippen LogP contribution in [0.5, 0.6) is 0 Å². The van der Waals surface area contributed by atoms with Crippen molar-refractivity contribution in [1.82, 2.24) is 14.3 Å². The molecule has 0 bridgehead atoms. The Balaban J connectivity index is 1.73. The van der Waals surface area contributed by atoms with E-state index in [0.717, 1.165) is 0 Å². The number of hydrogen-bond donors (Lipinski definition) is 1. The minimum absolute atomic E-state index is 0.00457. The summed E-state index contributed by atoms with van der Waals surface area (Å²) in [5, 5.41) is 17.2. The second-order valence-electron chi connectivity index (χ2n) is 8.34. The molecule has 1 atom stereocenters. The fraction of sp³-hybridized carbons (Fsp3) is 0.107. The lowest BCUT2D eigenvalue weighted by Crippen LogP contribution is -2.45. The van der Waals surface area contributed by atoms with Crippen molar-refractivity contribution >= 4 is 21.8 Å². The molecule has 3 aromatic carbocycles. The predicted molar refractivity (Wildman–Crippen MR) is 131 cm³/mol. The lowest BCUT2D eigenvalue weighted by Gasteiger charge is -2.34. The van der Waals surface area contributed by atoms with Crippen LogP contribution in [0.3, 0.4) is 0 Å². The summed E-state index contributed by atoms with van der Waals surface area (Å²) in [5.41, 5.74) is -0.703. The van der Waals surface area contributed by atoms with Crippen LogP contribution < -0.4 is 0 Å². The van der Waals surface area contributed by atoms with Gasteiger partial charge in [0.05, 0.1) is 17.4 Å². The van der Waals surface area contributed by atoms with Gasteiger partial charge in [0.25, 0.3) is 0 Å². The van der Waals surface area contributed by atoms with Crippen molar-refractivity contribution in [2.24, 2.45) is 0 Å². The van der Waals surface area contributed by atoms with Gasteiger partial charge in [-0.05, 0) is 54.1 Å². The highest BCUT2D eigenvalue weighted by molar-refractivity contribution is 5.87. The van der Waals surface area contributed by atoms with Crippen molar-refractivity contribution in [2.45, 2.75) is 18.1 Å². The summed E-state index contributed by atoms with van der Waals surface area (Å²) in [6, 6.07) is 17.4. The third-order valence-corrected chi connectivity index (χ3v) is 6.30. The van der Waals surface area contributed by atoms with Gasteiger partial charge in [0.2, 0.25) is 0 Å². The largest absolute Gasteiger partial charge is 0.374 e. The van der Waals surface area contributed by atoms with Gasteiger partial charge in [0.1, 0.15) is 5.82 Å². The van der Waals surface area contributed by atoms with Crippen molar-refractivity contribution in [3.05, 3.63) is 121 Å². The zero-order valence-corrected chi connectivity index (χ0v) is 18.7. The number of alkyl halides is 2. The zero-order valence-electron chi connectivity index (χ0n) is 18.7. The molecular formula is C28H22F3N3O. The van der Waals surface area contributed by atoms with E-state index in [1.807, 2.05) is 12.1 Å². The third kappa shape index (κ3) is 3.47. The Morgan fingerprint density at radius 1 is 0.971 bits per heavy atom. The number of aromatic nitrogens is 3. The normalized spacial score (nSPS) is 13.7. The highest BCUT2D eigenvalue weighted by Gasteiger charge is 2.54. The number of para-hydroxylation sites is 1. The maximum absolute atomic E-state index is 15.6. The maximum atomic E-state index is 15.6. The molecule has 0 aliphatic carbocycles. The number of nitrogens with zero attached hydrogens (tertiary/aromatic N) is 3. The van der Waals surface area contributed by atoms with Gasteiger partial charge in [-0.25, -0.2) is 9.07 Å². The molecule has 35 heavy (non-hydrogen) atoms. The molecule has 0 amide bonds. The van der Waals surface area contributed by atoms with E-state index in [4.69, 9.17) is 0 Å². The van der Waals surface area contributed by atoms with E-state index >= 15 is 8.78 Å². The highest BCUT2D eigenvalue weighted by atomic mass is 19.3. The molecule has 7 heteroatoms. The van der Waals surface area contributed by atoms with Crippen LogP contribution in [0.4, 0.5) is 13.2 Å². The quantitative estimate of drug-likeness (QED) is 0.280. The first-order chi connectivity index (χ1) is 16.8. The molecule has 1 N–H and O–H groups in total. The van der Waals surface area contributed by atoms with E-state index in [0.29, 0.717) is 40.1 Å². The van der Waals surface area contributed by atoms with Crippen LogP contribution in [-0.4, -0.2) is 25.4 Å². The molecule has 5 aromatic rings. The summed E-state index contributed by atoms with van der Waals surface area (Å²) in [6.45, 7) is 7.44. The number of aliphatic hydroxyl groups is 1. The molecule has 2 aromatic heterocycles. The summed E-state index contributed by atoms with van der Waals surface area (Å²) in [5.74, 6) is -4.07. The van der Waals surface area contributed by atoms with E-state index in [9.17, 15) is 9.50 Å². The molecule has 0 radical (unpaired) electrons. The number of hydrogen-bond acceptors (Lipinski definition) is 2. The Kier molecular flexibility index (Phi) is 5.37. The molecule has 0 fully saturated rings. The van der Waals surface area contributed by atoms with E-state index in [1.165, 1.54) is 36.7 Å². The van der Waals surface area contributed by atoms with Crippen LogP contribution in [0.2, 0.25) is 0 Å². The first kappa shape index (κ1) is 22.7. The second kappa shape index (κ2) is 8.29. The Morgan fingerprint density at radius 3 is 2.43 bits per heavy atom. The molecule has 176 valence electrons. The summed E-state index contributed by atoms with van der Waals surface area (Å²) in [4.78, 5) is 0. The molecule has 0 aliphatic heterocycles. The molecule has 0 aliphatic rings. The molecule has 0 saturated carbocycles. The van der Waals surface area contributed by atoms with Crippen LogP contribution in [-0.2, 0) is 12.1 Å². The van der Waals surface area contributed by atoms with E-state index in [2.05, 4.69) is 18.3 Å². The van der Waals surface area contributed by atoms with Crippen molar-refractivity contribution in [3.8, 4) is 5.69 Å². The summed E-state index contributed by atoms with van der Waals surface area (Å²) in [6.07, 6.45) is 5.20. The molecule has 1 unspecified atom stereocenters. The SMILES string of the molecule is C=CCn1cc(C(O)(c2ccc3c(cnn3-c3ccc(F)cc3)c2)C(F)(F)C=C)c2ccccc21. The van der Waals surface area contributed by atoms with Gasteiger partial charge in [-0.15, -0.1) is 6.58 Å². The fourth-order valence-corrected chi connectivity index (χ4v) is 4.55. The van der Waals surface area contributed by atoms with E-state index in [1.54, 1.807) is 45.7 Å². The second-order valence-corrected chi connectivity index (χ2v) is 8.34. The summed E-state index contributed by atoms with van der Waals surface area (Å²) in [7, 11) is 0. The molecule has 0 saturated heterocycles. The summed E-state index contributed by atoms with van der Waals surface area (Å²) < 4.78 is 47.8. The minimum atomic E-state index is -3.70. The molecular weight excluding hydrogens is 451 g/mol. The topological polar surface area (TPSA) is 43.0 Å². The first-order valence-electron chi connectivity index (χ1n) is 11.0. The number of allylic oxidation sites excluding steroid dienone is 1. The van der Waals surface area contributed by atoms with Gasteiger partial charge in [-0.2, -0.15) is 13.9 Å². The average molecular weight is 473 g/mol. The van der Waals surface area contributed by atoms with Gasteiger partial charge in [0.15, 0.2) is 5.60 Å². The molecule has 0 spiro atoms. The van der Waals surface area contributed by atoms with E-state index in [-0.39, 0.29) is 16.9 Å². The highest BCUT2D eigenvalue weighted by Crippen LogP contribution is 2.47. The van der Waals surface area contributed by atoms with Crippen molar-refractivity contribution in [2.75, 3.05) is 0 Å². The van der Waals surface area contributed by atoms with Gasteiger partial charge in [0, 0.05) is 34.6 Å². The number of benzene rings is 3. The molecule has 4 nitrogen and oxygen atoms in total. The van der Waals surface area contributed by atoms with Crippen LogP contribution in [0.25, 0.3) is 27.5 Å². The van der Waals surface area contributed by atoms with Crippen LogP contribution in [0.1, 0.15) is 11.1 Å². The third-order valence-electron chi connectivity index (χ3n) is 6.30. The first-order valence-corrected chi connectivity index (χ1v) is 11.0. The fourth-order valence-electron chi connectivity index (χ4n) is 4.55. The standard InChI is InChI=1S/C28H22F3N3O/c1-3-15-33-18-24(23-7-5-6-8-26(23)33)28(35,27(30,31)4-2)20-9-14-25-19(16-20)17-32-34(25)22-12-10-21(29)11-13-22/h3-14,16-18,35H,1-2,15H2. The average Bonchev–Trinajstić information content (AvgIpc) is 3.46. The van der Waals surface area contributed by atoms with Gasteiger partial charge < -0.3 is 9.67 Å². The monoisotopic (exact) mass is 473 g/mol. The van der Waals surface area contributed by atoms with Crippen LogP contribution in [0, 0.1) is 5.82 Å². The lowest BCUT2D eigenvalue weighted by molar-refractivity contribution is -0.129. The number of rotatable bonds is 7. The maximum Gasteiger partial charge on any atom is 0.302 e. The van der Waals surface area contributed by atoms with Gasteiger partial charge in [-0.3, -0.25) is 0 Å². The number of halogens is 3. The Bertz CT molecular complexity index is 1570. The van der Waals surface area contributed by atoms with Gasteiger partial charge in [-0.1, -0.05) is 36.9 Å². The Labute approximate surface area is 199 Å². The van der Waals surface area contributed by atoms with Crippen molar-refractivity contribution < 1.29 is 18.3 Å². The summed E-state index contributed by atoms with van der Waals surface area (Å²) >= 11 is 0. The molecule has 2 heterocycles. The molecule has 5 rings (SSSR count). The van der Waals surface area contributed by atoms with E-state index < -0.39 is 11.5 Å². The number of fused-ring (bicyclic) bond motifs is 2. The van der Waals surface area contributed by atoms with Crippen LogP contribution >= 0.6 is 0 Å². The van der Waals surface area contributed by atoms with Gasteiger partial charge >= 0.3 is 5.92 Å². The minimum Gasteiger partial charge on any atom is -0.374 e. The lowest BCUT2D eigenvalue weighted by atomic mass is 9.80. The van der Waals surface area contributed by atoms with Crippen molar-refractivity contribution in [3.63, 3.8) is 0 Å². The predicted octanol–water partition coefficient (Wildman–Crippen LogP) is 6.36. The van der Waals surface area contributed by atoms with Crippen LogP contribution in [0.15, 0.2) is 104 Å².